The molecule has 1 aliphatic rings. The van der Waals surface area contributed by atoms with Gasteiger partial charge in [0, 0.05) is 6.42 Å². The second kappa shape index (κ2) is 6.58. The van der Waals surface area contributed by atoms with Crippen molar-refractivity contribution in [2.24, 2.45) is 0 Å². The molecular formula is C22H17FN4O. The molecule has 0 spiro atoms. The molecule has 0 saturated carbocycles. The number of aromatic nitrogens is 3. The van der Waals surface area contributed by atoms with E-state index >= 15 is 0 Å². The monoisotopic (exact) mass is 372 g/mol. The van der Waals surface area contributed by atoms with Crippen LogP contribution in [0.5, 0.6) is 0 Å². The molecule has 5 rings (SSSR count). The first kappa shape index (κ1) is 16.6. The third-order valence-corrected chi connectivity index (χ3v) is 5.00. The number of benzene rings is 3. The molecule has 4 aromatic rings. The van der Waals surface area contributed by atoms with Gasteiger partial charge < -0.3 is 10.4 Å². The smallest absolute Gasteiger partial charge is 0.147 e. The fraction of sp³-hybridized carbons (Fsp3) is 0.0909. The lowest BCUT2D eigenvalue weighted by Gasteiger charge is -2.09. The standard InChI is InChI=1S/C22H17FN4O/c23-20-10-17(9-18-11-21(28)26-22(18)20)16-3-1-14(2-4-16)15-5-7-19(8-6-15)27-13-24-12-25-27/h1-10,12-13,21,26,28H,11H2. The van der Waals surface area contributed by atoms with E-state index in [0.717, 1.165) is 33.5 Å². The fourth-order valence-corrected chi connectivity index (χ4v) is 3.58. The largest absolute Gasteiger partial charge is 0.373 e. The lowest BCUT2D eigenvalue weighted by molar-refractivity contribution is 0.212. The number of aliphatic hydroxyl groups is 1. The average molecular weight is 372 g/mol. The van der Waals surface area contributed by atoms with E-state index in [1.807, 2.05) is 54.6 Å². The van der Waals surface area contributed by atoms with Gasteiger partial charge in [0.15, 0.2) is 0 Å². The van der Waals surface area contributed by atoms with E-state index in [2.05, 4.69) is 15.4 Å². The first-order valence-electron chi connectivity index (χ1n) is 9.00. The summed E-state index contributed by atoms with van der Waals surface area (Å²) in [6, 6.07) is 19.5. The Balaban J connectivity index is 1.42. The van der Waals surface area contributed by atoms with Crippen molar-refractivity contribution in [1.29, 1.82) is 0 Å². The van der Waals surface area contributed by atoms with Crippen LogP contribution >= 0.6 is 0 Å². The predicted molar refractivity (Wildman–Crippen MR) is 106 cm³/mol. The molecule has 0 saturated heterocycles. The number of nitrogens with zero attached hydrogens (tertiary/aromatic N) is 3. The average Bonchev–Trinajstić information content (AvgIpc) is 3.38. The number of rotatable bonds is 3. The molecule has 28 heavy (non-hydrogen) atoms. The number of hydrogen-bond donors (Lipinski definition) is 2. The molecule has 1 atom stereocenters. The summed E-state index contributed by atoms with van der Waals surface area (Å²) in [6.07, 6.45) is 2.86. The van der Waals surface area contributed by atoms with E-state index in [-0.39, 0.29) is 5.82 Å². The lowest BCUT2D eigenvalue weighted by atomic mass is 9.98. The van der Waals surface area contributed by atoms with Crippen LogP contribution in [0.25, 0.3) is 27.9 Å². The molecule has 0 bridgehead atoms. The van der Waals surface area contributed by atoms with Crippen LogP contribution in [0.1, 0.15) is 5.56 Å². The van der Waals surface area contributed by atoms with E-state index in [1.54, 1.807) is 11.0 Å². The van der Waals surface area contributed by atoms with Crippen molar-refractivity contribution in [2.45, 2.75) is 12.6 Å². The highest BCUT2D eigenvalue weighted by molar-refractivity contribution is 5.74. The summed E-state index contributed by atoms with van der Waals surface area (Å²) < 4.78 is 16.0. The Labute approximate surface area is 161 Å². The summed E-state index contributed by atoms with van der Waals surface area (Å²) in [4.78, 5) is 3.96. The van der Waals surface area contributed by atoms with Crippen LogP contribution in [0.4, 0.5) is 10.1 Å². The van der Waals surface area contributed by atoms with Crippen molar-refractivity contribution in [3.05, 3.63) is 84.7 Å². The Morgan fingerprint density at radius 1 is 0.929 bits per heavy atom. The molecule has 0 aliphatic carbocycles. The quantitative estimate of drug-likeness (QED) is 0.570. The molecule has 1 unspecified atom stereocenters. The Bertz CT molecular complexity index is 1120. The van der Waals surface area contributed by atoms with Crippen molar-refractivity contribution in [3.63, 3.8) is 0 Å². The first-order chi connectivity index (χ1) is 13.7. The van der Waals surface area contributed by atoms with Gasteiger partial charge >= 0.3 is 0 Å². The van der Waals surface area contributed by atoms with Crippen molar-refractivity contribution in [3.8, 4) is 27.9 Å². The van der Waals surface area contributed by atoms with E-state index in [1.165, 1.54) is 12.4 Å². The second-order valence-corrected chi connectivity index (χ2v) is 6.82. The molecule has 0 amide bonds. The van der Waals surface area contributed by atoms with E-state index in [4.69, 9.17) is 0 Å². The number of nitrogens with one attached hydrogen (secondary N) is 1. The van der Waals surface area contributed by atoms with Crippen molar-refractivity contribution in [1.82, 2.24) is 14.8 Å². The molecule has 1 aromatic heterocycles. The fourth-order valence-electron chi connectivity index (χ4n) is 3.58. The second-order valence-electron chi connectivity index (χ2n) is 6.82. The molecule has 3 aromatic carbocycles. The van der Waals surface area contributed by atoms with Gasteiger partial charge in [-0.1, -0.05) is 36.4 Å². The zero-order chi connectivity index (χ0) is 19.1. The van der Waals surface area contributed by atoms with Crippen LogP contribution in [-0.2, 0) is 6.42 Å². The third kappa shape index (κ3) is 2.93. The van der Waals surface area contributed by atoms with Gasteiger partial charge in [-0.15, -0.1) is 0 Å². The van der Waals surface area contributed by atoms with Gasteiger partial charge in [0.2, 0.25) is 0 Å². The van der Waals surface area contributed by atoms with Crippen LogP contribution in [-0.4, -0.2) is 26.1 Å². The molecule has 2 N–H and O–H groups in total. The van der Waals surface area contributed by atoms with Gasteiger partial charge in [-0.25, -0.2) is 14.1 Å². The van der Waals surface area contributed by atoms with Crippen LogP contribution in [0.3, 0.4) is 0 Å². The maximum Gasteiger partial charge on any atom is 0.147 e. The first-order valence-corrected chi connectivity index (χ1v) is 9.00. The third-order valence-electron chi connectivity index (χ3n) is 5.00. The highest BCUT2D eigenvalue weighted by atomic mass is 19.1. The summed E-state index contributed by atoms with van der Waals surface area (Å²) in [5.41, 5.74) is 6.06. The maximum absolute atomic E-state index is 14.3. The summed E-state index contributed by atoms with van der Waals surface area (Å²) >= 11 is 0. The van der Waals surface area contributed by atoms with Gasteiger partial charge in [0.05, 0.1) is 11.4 Å². The number of aliphatic hydroxyl groups excluding tert-OH is 1. The van der Waals surface area contributed by atoms with Crippen LogP contribution in [0.15, 0.2) is 73.3 Å². The minimum atomic E-state index is -0.720. The predicted octanol–water partition coefficient (Wildman–Crippen LogP) is 4.03. The number of anilines is 1. The Morgan fingerprint density at radius 3 is 2.21 bits per heavy atom. The summed E-state index contributed by atoms with van der Waals surface area (Å²) in [5, 5.41) is 16.6. The van der Waals surface area contributed by atoms with Crippen LogP contribution < -0.4 is 5.32 Å². The van der Waals surface area contributed by atoms with Gasteiger partial charge in [0.25, 0.3) is 0 Å². The number of halogens is 1. The molecule has 0 radical (unpaired) electrons. The zero-order valence-corrected chi connectivity index (χ0v) is 14.9. The summed E-state index contributed by atoms with van der Waals surface area (Å²) in [7, 11) is 0. The van der Waals surface area contributed by atoms with Gasteiger partial charge in [0.1, 0.15) is 24.7 Å². The van der Waals surface area contributed by atoms with E-state index in [9.17, 15) is 9.50 Å². The summed E-state index contributed by atoms with van der Waals surface area (Å²) in [6.45, 7) is 0. The lowest BCUT2D eigenvalue weighted by Crippen LogP contribution is -2.13. The van der Waals surface area contributed by atoms with Crippen molar-refractivity contribution in [2.75, 3.05) is 5.32 Å². The highest BCUT2D eigenvalue weighted by Gasteiger charge is 2.22. The van der Waals surface area contributed by atoms with Crippen LogP contribution in [0.2, 0.25) is 0 Å². The van der Waals surface area contributed by atoms with E-state index < -0.39 is 6.23 Å². The van der Waals surface area contributed by atoms with Crippen LogP contribution in [0, 0.1) is 5.82 Å². The van der Waals surface area contributed by atoms with Crippen molar-refractivity contribution < 1.29 is 9.50 Å². The highest BCUT2D eigenvalue weighted by Crippen LogP contribution is 2.34. The Hall–Kier alpha value is -3.51. The SMILES string of the molecule is OC1Cc2cc(-c3ccc(-c4ccc(-n5cncn5)cc4)cc3)cc(F)c2N1. The number of hydrogen-bond acceptors (Lipinski definition) is 4. The topological polar surface area (TPSA) is 63.0 Å². The van der Waals surface area contributed by atoms with Crippen molar-refractivity contribution >= 4 is 5.69 Å². The molecule has 0 fully saturated rings. The zero-order valence-electron chi connectivity index (χ0n) is 14.9. The van der Waals surface area contributed by atoms with E-state index in [0.29, 0.717) is 12.1 Å². The molecule has 6 heteroatoms. The van der Waals surface area contributed by atoms with Gasteiger partial charge in [-0.2, -0.15) is 5.10 Å². The molecule has 2 heterocycles. The maximum atomic E-state index is 14.3. The van der Waals surface area contributed by atoms with Gasteiger partial charge in [-0.3, -0.25) is 0 Å². The molecular weight excluding hydrogens is 355 g/mol. The summed E-state index contributed by atoms with van der Waals surface area (Å²) in [5.74, 6) is -0.336. The number of fused-ring (bicyclic) bond motifs is 1. The minimum Gasteiger partial charge on any atom is -0.373 e. The normalized spacial score (nSPS) is 15.3. The Kier molecular flexibility index (Phi) is 3.91. The molecule has 5 nitrogen and oxygen atoms in total. The minimum absolute atomic E-state index is 0.336. The molecule has 138 valence electrons. The molecule has 1 aliphatic heterocycles. The van der Waals surface area contributed by atoms with Gasteiger partial charge in [-0.05, 0) is 52.1 Å². The Morgan fingerprint density at radius 2 is 1.57 bits per heavy atom.